The number of amides is 2. The maximum absolute atomic E-state index is 11.9. The second-order valence-corrected chi connectivity index (χ2v) is 5.29. The maximum atomic E-state index is 11.9. The van der Waals surface area contributed by atoms with Crippen LogP contribution in [-0.4, -0.2) is 35.0 Å². The van der Waals surface area contributed by atoms with Gasteiger partial charge in [0.15, 0.2) is 0 Å². The van der Waals surface area contributed by atoms with Crippen LogP contribution < -0.4 is 5.32 Å². The molecule has 20 heavy (non-hydrogen) atoms. The molecule has 0 bridgehead atoms. The van der Waals surface area contributed by atoms with E-state index in [1.54, 1.807) is 18.0 Å². The zero-order chi connectivity index (χ0) is 14.4. The monoisotopic (exact) mass is 279 g/mol. The number of nitrogens with one attached hydrogen (secondary N) is 1. The lowest BCUT2D eigenvalue weighted by atomic mass is 10.2. The predicted molar refractivity (Wildman–Crippen MR) is 72.6 cm³/mol. The third-order valence-electron chi connectivity index (χ3n) is 3.60. The summed E-state index contributed by atoms with van der Waals surface area (Å²) in [6.07, 6.45) is 6.44. The molecule has 0 unspecified atom stereocenters. The summed E-state index contributed by atoms with van der Waals surface area (Å²) in [7, 11) is 1.70. The van der Waals surface area contributed by atoms with Crippen LogP contribution in [0.15, 0.2) is 16.9 Å². The van der Waals surface area contributed by atoms with Crippen LogP contribution in [0.25, 0.3) is 0 Å². The first kappa shape index (κ1) is 14.6. The summed E-state index contributed by atoms with van der Waals surface area (Å²) in [5.74, 6) is -0.0883. The largest absolute Gasteiger partial charge is 0.364 e. The summed E-state index contributed by atoms with van der Waals surface area (Å²) in [4.78, 5) is 25.2. The van der Waals surface area contributed by atoms with Crippen LogP contribution >= 0.6 is 0 Å². The number of aromatic nitrogens is 1. The van der Waals surface area contributed by atoms with Crippen molar-refractivity contribution in [1.29, 1.82) is 0 Å². The Bertz CT molecular complexity index is 439. The molecule has 1 aromatic heterocycles. The van der Waals surface area contributed by atoms with E-state index < -0.39 is 0 Å². The molecule has 110 valence electrons. The Morgan fingerprint density at radius 2 is 2.15 bits per heavy atom. The average Bonchev–Trinajstić information content (AvgIpc) is 3.09. The molecule has 1 saturated carbocycles. The van der Waals surface area contributed by atoms with Gasteiger partial charge in [-0.15, -0.1) is 0 Å². The Labute approximate surface area is 118 Å². The minimum absolute atomic E-state index is 0.0277. The molecule has 0 spiro atoms. The van der Waals surface area contributed by atoms with Gasteiger partial charge in [0.1, 0.15) is 12.0 Å². The van der Waals surface area contributed by atoms with E-state index in [-0.39, 0.29) is 24.7 Å². The van der Waals surface area contributed by atoms with Gasteiger partial charge in [-0.05, 0) is 12.8 Å². The molecule has 0 aliphatic heterocycles. The molecule has 1 aliphatic carbocycles. The van der Waals surface area contributed by atoms with Crippen molar-refractivity contribution >= 4 is 11.8 Å². The molecule has 0 atom stereocenters. The van der Waals surface area contributed by atoms with Gasteiger partial charge in [-0.2, -0.15) is 0 Å². The minimum atomic E-state index is -0.0606. The summed E-state index contributed by atoms with van der Waals surface area (Å²) in [5.41, 5.74) is 0.705. The van der Waals surface area contributed by atoms with E-state index >= 15 is 0 Å². The third-order valence-corrected chi connectivity index (χ3v) is 3.60. The van der Waals surface area contributed by atoms with E-state index in [1.165, 1.54) is 19.1 Å². The van der Waals surface area contributed by atoms with Gasteiger partial charge >= 0.3 is 0 Å². The first-order valence-corrected chi connectivity index (χ1v) is 7.08. The first-order valence-electron chi connectivity index (χ1n) is 7.08. The number of carbonyl (C=O) groups excluding carboxylic acids is 2. The van der Waals surface area contributed by atoms with Crippen LogP contribution in [0.5, 0.6) is 0 Å². The van der Waals surface area contributed by atoms with Crippen LogP contribution in [0.1, 0.15) is 44.2 Å². The topological polar surface area (TPSA) is 75.4 Å². The second-order valence-electron chi connectivity index (χ2n) is 5.29. The highest BCUT2D eigenvalue weighted by molar-refractivity contribution is 5.83. The fourth-order valence-electron chi connectivity index (χ4n) is 2.43. The van der Waals surface area contributed by atoms with Crippen LogP contribution in [0, 0.1) is 0 Å². The number of hydrogen-bond donors (Lipinski definition) is 1. The lowest BCUT2D eigenvalue weighted by molar-refractivity contribution is -0.133. The Morgan fingerprint density at radius 3 is 2.80 bits per heavy atom. The summed E-state index contributed by atoms with van der Waals surface area (Å²) in [6.45, 7) is 0.402. The minimum Gasteiger partial charge on any atom is -0.364 e. The highest BCUT2D eigenvalue weighted by Gasteiger charge is 2.18. The Kier molecular flexibility index (Phi) is 5.15. The van der Waals surface area contributed by atoms with Gasteiger partial charge in [0.05, 0.1) is 6.54 Å². The van der Waals surface area contributed by atoms with Crippen LogP contribution in [-0.2, 0) is 16.1 Å². The van der Waals surface area contributed by atoms with E-state index in [0.717, 1.165) is 12.8 Å². The zero-order valence-electron chi connectivity index (χ0n) is 11.8. The highest BCUT2D eigenvalue weighted by atomic mass is 16.5. The molecule has 1 aromatic rings. The van der Waals surface area contributed by atoms with Crippen LogP contribution in [0.4, 0.5) is 0 Å². The van der Waals surface area contributed by atoms with Crippen molar-refractivity contribution in [2.45, 2.75) is 51.1 Å². The average molecular weight is 279 g/mol. The van der Waals surface area contributed by atoms with E-state index in [9.17, 15) is 9.59 Å². The SMILES string of the molecule is CN(Cc1ccon1)C(=O)CCC(=O)NC1CCCC1. The lowest BCUT2D eigenvalue weighted by Crippen LogP contribution is -2.34. The summed E-state index contributed by atoms with van der Waals surface area (Å²) in [6, 6.07) is 2.03. The molecular weight excluding hydrogens is 258 g/mol. The lowest BCUT2D eigenvalue weighted by Gasteiger charge is -2.16. The predicted octanol–water partition coefficient (Wildman–Crippen LogP) is 1.47. The van der Waals surface area contributed by atoms with E-state index in [4.69, 9.17) is 4.52 Å². The van der Waals surface area contributed by atoms with Gasteiger partial charge in [-0.3, -0.25) is 9.59 Å². The van der Waals surface area contributed by atoms with Gasteiger partial charge in [0.2, 0.25) is 11.8 Å². The summed E-state index contributed by atoms with van der Waals surface area (Å²) < 4.78 is 4.72. The van der Waals surface area contributed by atoms with Crippen LogP contribution in [0.3, 0.4) is 0 Å². The smallest absolute Gasteiger partial charge is 0.223 e. The maximum Gasteiger partial charge on any atom is 0.223 e. The molecule has 1 fully saturated rings. The van der Waals surface area contributed by atoms with E-state index in [2.05, 4.69) is 10.5 Å². The fraction of sp³-hybridized carbons (Fsp3) is 0.643. The molecule has 6 nitrogen and oxygen atoms in total. The quantitative estimate of drug-likeness (QED) is 0.855. The van der Waals surface area contributed by atoms with Crippen molar-refractivity contribution < 1.29 is 14.1 Å². The third kappa shape index (κ3) is 4.36. The number of hydrogen-bond acceptors (Lipinski definition) is 4. The first-order chi connectivity index (χ1) is 9.65. The van der Waals surface area contributed by atoms with Crippen molar-refractivity contribution in [2.24, 2.45) is 0 Å². The molecular formula is C14H21N3O3. The molecule has 1 aliphatic rings. The van der Waals surface area contributed by atoms with Gasteiger partial charge < -0.3 is 14.7 Å². The van der Waals surface area contributed by atoms with Crippen molar-refractivity contribution in [3.63, 3.8) is 0 Å². The molecule has 0 aromatic carbocycles. The normalized spacial score (nSPS) is 15.2. The Morgan fingerprint density at radius 1 is 1.40 bits per heavy atom. The number of carbonyl (C=O) groups is 2. The van der Waals surface area contributed by atoms with Crippen molar-refractivity contribution in [2.75, 3.05) is 7.05 Å². The van der Waals surface area contributed by atoms with Gasteiger partial charge in [0.25, 0.3) is 0 Å². The van der Waals surface area contributed by atoms with Crippen molar-refractivity contribution in [3.05, 3.63) is 18.0 Å². The molecule has 2 rings (SSSR count). The van der Waals surface area contributed by atoms with Crippen molar-refractivity contribution in [1.82, 2.24) is 15.4 Å². The zero-order valence-corrected chi connectivity index (χ0v) is 11.8. The molecule has 6 heteroatoms. The van der Waals surface area contributed by atoms with Gasteiger partial charge in [-0.25, -0.2) is 0 Å². The molecule has 2 amide bonds. The Balaban J connectivity index is 1.67. The summed E-state index contributed by atoms with van der Waals surface area (Å²) in [5, 5.41) is 6.74. The standard InChI is InChI=1S/C14H21N3O3/c1-17(10-12-8-9-20-16-12)14(19)7-6-13(18)15-11-4-2-3-5-11/h8-9,11H,2-7,10H2,1H3,(H,15,18). The second kappa shape index (κ2) is 7.07. The van der Waals surface area contributed by atoms with E-state index in [1.807, 2.05) is 0 Å². The van der Waals surface area contributed by atoms with Gasteiger partial charge in [-0.1, -0.05) is 18.0 Å². The summed E-state index contributed by atoms with van der Waals surface area (Å²) >= 11 is 0. The van der Waals surface area contributed by atoms with Crippen LogP contribution in [0.2, 0.25) is 0 Å². The van der Waals surface area contributed by atoms with Crippen molar-refractivity contribution in [3.8, 4) is 0 Å². The molecule has 0 saturated heterocycles. The molecule has 0 radical (unpaired) electrons. The molecule has 1 N–H and O–H groups in total. The number of nitrogens with zero attached hydrogens (tertiary/aromatic N) is 2. The highest BCUT2D eigenvalue weighted by Crippen LogP contribution is 2.17. The van der Waals surface area contributed by atoms with Gasteiger partial charge in [0, 0.05) is 32.0 Å². The number of rotatable bonds is 6. The fourth-order valence-corrected chi connectivity index (χ4v) is 2.43. The molecule has 1 heterocycles. The Hall–Kier alpha value is -1.85. The van der Waals surface area contributed by atoms with E-state index in [0.29, 0.717) is 18.3 Å².